The summed E-state index contributed by atoms with van der Waals surface area (Å²) >= 11 is 0. The summed E-state index contributed by atoms with van der Waals surface area (Å²) in [5.74, 6) is 0. The van der Waals surface area contributed by atoms with E-state index in [0.717, 1.165) is 19.3 Å². The first-order chi connectivity index (χ1) is 6.35. The molecule has 0 spiro atoms. The van der Waals surface area contributed by atoms with Crippen molar-refractivity contribution in [1.82, 2.24) is 5.23 Å². The van der Waals surface area contributed by atoms with Crippen LogP contribution in [0.1, 0.15) is 26.2 Å². The molecule has 0 aromatic carbocycles. The van der Waals surface area contributed by atoms with E-state index in [1.54, 1.807) is 0 Å². The zero-order chi connectivity index (χ0) is 9.94. The molecule has 0 saturated carbocycles. The third-order valence-electron chi connectivity index (χ3n) is 1.45. The number of carbonyl (C=O) groups is 2. The van der Waals surface area contributed by atoms with E-state index < -0.39 is 7.25 Å². The van der Waals surface area contributed by atoms with Gasteiger partial charge in [0.15, 0.2) is 0 Å². The third kappa shape index (κ3) is 7.33. The van der Waals surface area contributed by atoms with Gasteiger partial charge in [0.2, 0.25) is 0 Å². The second kappa shape index (κ2) is 9.06. The number of unbranched alkanes of at least 4 members (excludes halogenated alkanes) is 2. The summed E-state index contributed by atoms with van der Waals surface area (Å²) in [6, 6.07) is 0. The quantitative estimate of drug-likeness (QED) is 0.315. The predicted octanol–water partition coefficient (Wildman–Crippen LogP) is 0.0971. The lowest BCUT2D eigenvalue weighted by atomic mass is 10.1. The van der Waals surface area contributed by atoms with Gasteiger partial charge in [0.05, 0.1) is 0 Å². The van der Waals surface area contributed by atoms with Gasteiger partial charge in [0.1, 0.15) is 0 Å². The van der Waals surface area contributed by atoms with Gasteiger partial charge in [-0.05, 0) is 13.0 Å². The van der Waals surface area contributed by atoms with E-state index in [0.29, 0.717) is 6.54 Å². The summed E-state index contributed by atoms with van der Waals surface area (Å²) in [5.41, 5.74) is 0. The molecule has 0 amide bonds. The Hall–Kier alpha value is -1.04. The van der Waals surface area contributed by atoms with Crippen LogP contribution < -0.4 is 5.23 Å². The molecule has 0 unspecified atom stereocenters. The lowest BCUT2D eigenvalue weighted by Gasteiger charge is -2.07. The lowest BCUT2D eigenvalue weighted by Crippen LogP contribution is -2.40. The first kappa shape index (κ1) is 12.0. The molecule has 0 radical (unpaired) electrons. The maximum atomic E-state index is 9.92. The van der Waals surface area contributed by atoms with Crippen molar-refractivity contribution in [3.05, 3.63) is 0 Å². The fraction of sp³-hybridized carbons (Fsp3) is 0.714. The molecule has 74 valence electrons. The Bertz CT molecular complexity index is 134. The Labute approximate surface area is 77.9 Å². The fourth-order valence-corrected chi connectivity index (χ4v) is 0.824. The molecule has 0 aromatic heterocycles. The average molecular weight is 187 g/mol. The van der Waals surface area contributed by atoms with Crippen molar-refractivity contribution in [2.75, 3.05) is 6.54 Å². The van der Waals surface area contributed by atoms with Gasteiger partial charge in [-0.15, -0.1) is 0 Å². The summed E-state index contributed by atoms with van der Waals surface area (Å²) < 4.78 is 8.83. The Balaban J connectivity index is 3.43. The van der Waals surface area contributed by atoms with Crippen LogP contribution >= 0.6 is 0 Å². The maximum Gasteiger partial charge on any atom is 0.702 e. The molecule has 0 rings (SSSR count). The molecule has 0 aliphatic heterocycles. The van der Waals surface area contributed by atoms with Gasteiger partial charge in [-0.3, -0.25) is 14.8 Å². The van der Waals surface area contributed by atoms with Crippen LogP contribution in [-0.4, -0.2) is 26.7 Å². The van der Waals surface area contributed by atoms with E-state index in [1.165, 1.54) is 0 Å². The van der Waals surface area contributed by atoms with Gasteiger partial charge in [-0.1, -0.05) is 19.8 Å². The average Bonchev–Trinajstić information content (AvgIpc) is 2.13. The molecule has 0 aliphatic rings. The van der Waals surface area contributed by atoms with E-state index in [2.05, 4.69) is 21.5 Å². The normalized spacial score (nSPS) is 9.00. The Morgan fingerprint density at radius 1 is 1.23 bits per heavy atom. The van der Waals surface area contributed by atoms with Crippen molar-refractivity contribution in [3.63, 3.8) is 0 Å². The van der Waals surface area contributed by atoms with Crippen LogP contribution in [0.4, 0.5) is 0 Å². The van der Waals surface area contributed by atoms with Gasteiger partial charge < -0.3 is 9.31 Å². The highest BCUT2D eigenvalue weighted by molar-refractivity contribution is 6.44. The minimum Gasteiger partial charge on any atom is -0.487 e. The Morgan fingerprint density at radius 2 is 1.85 bits per heavy atom. The number of carbonyl (C=O) groups excluding carboxylic acids is 2. The molecule has 0 bridgehead atoms. The highest BCUT2D eigenvalue weighted by Crippen LogP contribution is 1.91. The Kier molecular flexibility index (Phi) is 8.34. The maximum absolute atomic E-state index is 9.92. The van der Waals surface area contributed by atoms with Crippen molar-refractivity contribution in [1.29, 1.82) is 0 Å². The van der Waals surface area contributed by atoms with Crippen LogP contribution in [0, 0.1) is 0 Å². The fourth-order valence-electron chi connectivity index (χ4n) is 0.824. The molecule has 5 nitrogen and oxygen atoms in total. The first-order valence-electron chi connectivity index (χ1n) is 4.26. The van der Waals surface area contributed by atoms with Crippen LogP contribution in [-0.2, 0) is 18.9 Å². The van der Waals surface area contributed by atoms with Crippen molar-refractivity contribution in [2.45, 2.75) is 26.2 Å². The van der Waals surface area contributed by atoms with Crippen LogP contribution in [0.5, 0.6) is 0 Å². The largest absolute Gasteiger partial charge is 0.702 e. The van der Waals surface area contributed by atoms with Gasteiger partial charge >= 0.3 is 7.25 Å². The molecule has 0 aromatic rings. The number of nitrogens with one attached hydrogen (secondary N) is 1. The summed E-state index contributed by atoms with van der Waals surface area (Å²) in [7, 11) is -0.952. The zero-order valence-corrected chi connectivity index (χ0v) is 7.69. The van der Waals surface area contributed by atoms with Crippen LogP contribution in [0.25, 0.3) is 0 Å². The minimum atomic E-state index is -0.952. The Morgan fingerprint density at radius 3 is 2.31 bits per heavy atom. The minimum absolute atomic E-state index is 0.237. The summed E-state index contributed by atoms with van der Waals surface area (Å²) in [6.45, 7) is 3.21. The second-order valence-corrected chi connectivity index (χ2v) is 2.46. The molecular formula is C7H14BNO4. The molecule has 6 heteroatoms. The molecule has 13 heavy (non-hydrogen) atoms. The van der Waals surface area contributed by atoms with Gasteiger partial charge in [-0.2, -0.15) is 0 Å². The van der Waals surface area contributed by atoms with Crippen molar-refractivity contribution in [3.8, 4) is 0 Å². The first-order valence-corrected chi connectivity index (χ1v) is 4.26. The van der Waals surface area contributed by atoms with E-state index in [1.807, 2.05) is 0 Å². The molecule has 0 atom stereocenters. The lowest BCUT2D eigenvalue weighted by molar-refractivity contribution is -0.126. The molecule has 1 N–H and O–H groups in total. The summed E-state index contributed by atoms with van der Waals surface area (Å²) in [4.78, 5) is 19.8. The van der Waals surface area contributed by atoms with Crippen LogP contribution in [0.3, 0.4) is 0 Å². The summed E-state index contributed by atoms with van der Waals surface area (Å²) in [6.07, 6.45) is 3.15. The summed E-state index contributed by atoms with van der Waals surface area (Å²) in [5, 5.41) is 2.75. The van der Waals surface area contributed by atoms with E-state index in [9.17, 15) is 9.59 Å². The van der Waals surface area contributed by atoms with Crippen LogP contribution in [0.15, 0.2) is 0 Å². The molecule has 0 heterocycles. The van der Waals surface area contributed by atoms with Crippen molar-refractivity contribution >= 4 is 20.2 Å². The van der Waals surface area contributed by atoms with Crippen LogP contribution in [0.2, 0.25) is 0 Å². The van der Waals surface area contributed by atoms with Gasteiger partial charge in [-0.25, -0.2) is 0 Å². The monoisotopic (exact) mass is 187 g/mol. The van der Waals surface area contributed by atoms with E-state index >= 15 is 0 Å². The van der Waals surface area contributed by atoms with Crippen molar-refractivity contribution < 1.29 is 18.9 Å². The standard InChI is InChI=1S/C7H14BNO4/c1-2-3-4-5-9-8(12-6-10)13-7-11/h6-7,9H,2-5H2,1H3. The number of rotatable bonds is 9. The SMILES string of the molecule is CCCCCNB(OC=O)OC=O. The predicted molar refractivity (Wildman–Crippen MR) is 47.6 cm³/mol. The zero-order valence-electron chi connectivity index (χ0n) is 7.69. The van der Waals surface area contributed by atoms with Gasteiger partial charge in [0, 0.05) is 0 Å². The smallest absolute Gasteiger partial charge is 0.487 e. The molecule has 0 saturated heterocycles. The topological polar surface area (TPSA) is 64.6 Å². The number of hydrogen-bond acceptors (Lipinski definition) is 5. The van der Waals surface area contributed by atoms with E-state index in [4.69, 9.17) is 0 Å². The highest BCUT2D eigenvalue weighted by atomic mass is 16.6. The van der Waals surface area contributed by atoms with E-state index in [-0.39, 0.29) is 12.9 Å². The molecule has 0 aliphatic carbocycles. The second-order valence-electron chi connectivity index (χ2n) is 2.46. The van der Waals surface area contributed by atoms with Crippen molar-refractivity contribution in [2.24, 2.45) is 0 Å². The third-order valence-corrected chi connectivity index (χ3v) is 1.45. The number of hydrogen-bond donors (Lipinski definition) is 1. The molecular weight excluding hydrogens is 173 g/mol. The van der Waals surface area contributed by atoms with Gasteiger partial charge in [0.25, 0.3) is 12.9 Å². The highest BCUT2D eigenvalue weighted by Gasteiger charge is 2.20. The molecule has 0 fully saturated rings.